The fraction of sp³-hybridized carbons (Fsp3) is 0.660. The van der Waals surface area contributed by atoms with Crippen molar-refractivity contribution >= 4 is 19.8 Å². The lowest BCUT2D eigenvalue weighted by atomic mass is 10.1. The molecule has 0 amide bonds. The van der Waals surface area contributed by atoms with Crippen molar-refractivity contribution in [3.05, 3.63) is 85.1 Å². The third-order valence-corrected chi connectivity index (χ3v) is 9.39. The first-order valence-electron chi connectivity index (χ1n) is 21.9. The van der Waals surface area contributed by atoms with Crippen LogP contribution in [0.15, 0.2) is 85.1 Å². The van der Waals surface area contributed by atoms with Crippen molar-refractivity contribution in [1.29, 1.82) is 0 Å². The number of ether oxygens (including phenoxy) is 2. The van der Waals surface area contributed by atoms with Gasteiger partial charge in [0.15, 0.2) is 6.10 Å². The molecule has 0 saturated carbocycles. The van der Waals surface area contributed by atoms with Crippen molar-refractivity contribution < 1.29 is 37.9 Å². The van der Waals surface area contributed by atoms with E-state index >= 15 is 0 Å². The normalized spacial score (nSPS) is 13.3. The summed E-state index contributed by atoms with van der Waals surface area (Å²) >= 11 is 0. The molecule has 0 aliphatic heterocycles. The van der Waals surface area contributed by atoms with Gasteiger partial charge in [0.2, 0.25) is 0 Å². The Labute approximate surface area is 342 Å². The number of allylic oxidation sites excluding steroid dienone is 14. The summed E-state index contributed by atoms with van der Waals surface area (Å²) in [6.45, 7) is 3.56. The van der Waals surface area contributed by atoms with Gasteiger partial charge in [-0.1, -0.05) is 170 Å². The molecule has 0 bridgehead atoms. The van der Waals surface area contributed by atoms with Gasteiger partial charge in [-0.2, -0.15) is 0 Å². The van der Waals surface area contributed by atoms with Crippen LogP contribution < -0.4 is 0 Å². The summed E-state index contributed by atoms with van der Waals surface area (Å²) in [5, 5.41) is 0. The number of esters is 2. The maximum Gasteiger partial charge on any atom is 0.469 e. The van der Waals surface area contributed by atoms with Crippen LogP contribution in [0.25, 0.3) is 0 Å². The molecule has 0 aromatic carbocycles. The zero-order chi connectivity index (χ0) is 41.1. The molecule has 8 nitrogen and oxygen atoms in total. The van der Waals surface area contributed by atoms with Crippen molar-refractivity contribution in [2.75, 3.05) is 13.2 Å². The van der Waals surface area contributed by atoms with Crippen molar-refractivity contribution in [2.45, 2.75) is 187 Å². The predicted molar refractivity (Wildman–Crippen MR) is 234 cm³/mol. The predicted octanol–water partition coefficient (Wildman–Crippen LogP) is 13.6. The molecule has 0 heterocycles. The van der Waals surface area contributed by atoms with Gasteiger partial charge >= 0.3 is 19.8 Å². The molecule has 0 aliphatic carbocycles. The highest BCUT2D eigenvalue weighted by Gasteiger charge is 2.22. The number of phosphoric ester groups is 1. The lowest BCUT2D eigenvalue weighted by molar-refractivity contribution is -0.161. The summed E-state index contributed by atoms with van der Waals surface area (Å²) in [5.74, 6) is -0.991. The van der Waals surface area contributed by atoms with Gasteiger partial charge in [0.1, 0.15) is 6.61 Å². The molecule has 0 saturated heterocycles. The Hall–Kier alpha value is -2.77. The van der Waals surface area contributed by atoms with E-state index in [1.807, 2.05) is 12.2 Å². The van der Waals surface area contributed by atoms with Gasteiger partial charge in [0.05, 0.1) is 6.61 Å². The molecule has 1 atom stereocenters. The van der Waals surface area contributed by atoms with E-state index in [1.165, 1.54) is 83.5 Å². The Morgan fingerprint density at radius 1 is 0.464 bits per heavy atom. The topological polar surface area (TPSA) is 119 Å². The molecule has 0 unspecified atom stereocenters. The van der Waals surface area contributed by atoms with E-state index in [1.54, 1.807) is 0 Å². The summed E-state index contributed by atoms with van der Waals surface area (Å²) < 4.78 is 26.3. The average molecular weight is 803 g/mol. The van der Waals surface area contributed by atoms with Crippen molar-refractivity contribution in [2.24, 2.45) is 0 Å². The fourth-order valence-corrected chi connectivity index (χ4v) is 5.98. The Morgan fingerprint density at radius 2 is 0.839 bits per heavy atom. The number of carbonyl (C=O) groups is 2. The molecular formula is C47H79O8P. The molecule has 0 aromatic heterocycles. The lowest BCUT2D eigenvalue weighted by Gasteiger charge is -2.18. The number of unbranched alkanes of at least 4 members (excludes halogenated alkanes) is 15. The maximum atomic E-state index is 12.4. The largest absolute Gasteiger partial charge is 0.469 e. The van der Waals surface area contributed by atoms with Crippen LogP contribution >= 0.6 is 7.82 Å². The summed E-state index contributed by atoms with van der Waals surface area (Å²) in [6, 6.07) is 0. The lowest BCUT2D eigenvalue weighted by Crippen LogP contribution is -2.29. The van der Waals surface area contributed by atoms with Gasteiger partial charge in [-0.3, -0.25) is 14.1 Å². The van der Waals surface area contributed by atoms with Crippen LogP contribution in [0.2, 0.25) is 0 Å². The summed E-state index contributed by atoms with van der Waals surface area (Å²) in [5.41, 5.74) is 0. The monoisotopic (exact) mass is 803 g/mol. The van der Waals surface area contributed by atoms with Gasteiger partial charge < -0.3 is 19.3 Å². The van der Waals surface area contributed by atoms with E-state index in [9.17, 15) is 14.2 Å². The van der Waals surface area contributed by atoms with Crippen LogP contribution in [0.5, 0.6) is 0 Å². The van der Waals surface area contributed by atoms with Gasteiger partial charge in [-0.25, -0.2) is 4.57 Å². The third kappa shape index (κ3) is 44.0. The minimum absolute atomic E-state index is 0.139. The van der Waals surface area contributed by atoms with E-state index < -0.39 is 32.5 Å². The first kappa shape index (κ1) is 53.2. The highest BCUT2D eigenvalue weighted by atomic mass is 31.2. The molecule has 320 valence electrons. The number of rotatable bonds is 39. The number of phosphoric acid groups is 1. The Balaban J connectivity index is 4.04. The van der Waals surface area contributed by atoms with Crippen LogP contribution in [-0.2, 0) is 28.2 Å². The first-order chi connectivity index (χ1) is 27.3. The van der Waals surface area contributed by atoms with Crippen LogP contribution in [0.1, 0.15) is 181 Å². The average Bonchev–Trinajstić information content (AvgIpc) is 3.17. The van der Waals surface area contributed by atoms with Gasteiger partial charge in [0, 0.05) is 12.8 Å². The molecule has 2 N–H and O–H groups in total. The number of hydrogen-bond acceptors (Lipinski definition) is 6. The number of hydrogen-bond donors (Lipinski definition) is 2. The second-order valence-corrected chi connectivity index (χ2v) is 15.5. The summed E-state index contributed by atoms with van der Waals surface area (Å²) in [7, 11) is -4.78. The first-order valence-corrected chi connectivity index (χ1v) is 23.4. The van der Waals surface area contributed by atoms with E-state index in [-0.39, 0.29) is 19.4 Å². The SMILES string of the molecule is CCCCC/C=C/C/C=C/C/C=C/C/C=C/C/C=C/CCC(=O)OC[C@H](COP(=O)(O)O)OC(=O)CCCCCCCCCCC/C=C/C/C=C/CCCCC. The van der Waals surface area contributed by atoms with Gasteiger partial charge in [0.25, 0.3) is 0 Å². The third-order valence-electron chi connectivity index (χ3n) is 8.90. The second kappa shape index (κ2) is 41.9. The summed E-state index contributed by atoms with van der Waals surface area (Å²) in [6.07, 6.45) is 56.0. The Bertz CT molecular complexity index is 1180. The molecule has 0 fully saturated rings. The molecule has 0 radical (unpaired) electrons. The number of carbonyl (C=O) groups excluding carboxylic acids is 2. The molecule has 0 spiro atoms. The zero-order valence-electron chi connectivity index (χ0n) is 35.3. The van der Waals surface area contributed by atoms with E-state index in [0.29, 0.717) is 12.8 Å². The minimum atomic E-state index is -4.78. The molecule has 56 heavy (non-hydrogen) atoms. The standard InChI is InChI=1S/C47H79O8P/c1-3-5-7-9-11-13-15-17-19-21-23-25-27-29-31-33-35-37-39-41-46(48)53-43-45(44-54-56(50,51)52)55-47(49)42-40-38-36-34-32-30-28-26-24-22-20-18-16-14-12-10-8-6-4-2/h11-14,17-20,23,25,29,31,35,37,45H,3-10,15-16,21-22,24,26-28,30,32-34,36,38-44H2,1-2H3,(H2,50,51,52)/b13-11+,14-12+,19-17+,20-18+,25-23+,31-29+,37-35+/t45-/m1/s1. The highest BCUT2D eigenvalue weighted by Crippen LogP contribution is 2.36. The summed E-state index contributed by atoms with van der Waals surface area (Å²) in [4.78, 5) is 42.9. The minimum Gasteiger partial charge on any atom is -0.462 e. The van der Waals surface area contributed by atoms with Crippen LogP contribution in [0, 0.1) is 0 Å². The smallest absolute Gasteiger partial charge is 0.462 e. The Morgan fingerprint density at radius 3 is 1.27 bits per heavy atom. The molecular weight excluding hydrogens is 723 g/mol. The van der Waals surface area contributed by atoms with Crippen LogP contribution in [-0.4, -0.2) is 41.0 Å². The zero-order valence-corrected chi connectivity index (χ0v) is 36.1. The van der Waals surface area contributed by atoms with Gasteiger partial charge in [-0.05, 0) is 83.5 Å². The van der Waals surface area contributed by atoms with E-state index in [4.69, 9.17) is 19.3 Å². The quantitative estimate of drug-likeness (QED) is 0.0273. The van der Waals surface area contributed by atoms with Crippen molar-refractivity contribution in [1.82, 2.24) is 0 Å². The van der Waals surface area contributed by atoms with Crippen LogP contribution in [0.4, 0.5) is 0 Å². The van der Waals surface area contributed by atoms with Gasteiger partial charge in [-0.15, -0.1) is 0 Å². The second-order valence-electron chi connectivity index (χ2n) is 14.3. The van der Waals surface area contributed by atoms with E-state index in [2.05, 4.69) is 91.3 Å². The highest BCUT2D eigenvalue weighted by molar-refractivity contribution is 7.46. The van der Waals surface area contributed by atoms with Crippen molar-refractivity contribution in [3.63, 3.8) is 0 Å². The maximum absolute atomic E-state index is 12.4. The fourth-order valence-electron chi connectivity index (χ4n) is 5.62. The van der Waals surface area contributed by atoms with Crippen LogP contribution in [0.3, 0.4) is 0 Å². The van der Waals surface area contributed by atoms with E-state index in [0.717, 1.165) is 57.8 Å². The Kier molecular flexibility index (Phi) is 39.8. The molecule has 9 heteroatoms. The molecule has 0 aliphatic rings. The molecule has 0 rings (SSSR count). The molecule has 0 aromatic rings. The van der Waals surface area contributed by atoms with Crippen molar-refractivity contribution in [3.8, 4) is 0 Å².